The lowest BCUT2D eigenvalue weighted by atomic mass is 9.88. The van der Waals surface area contributed by atoms with Crippen LogP contribution >= 0.6 is 11.6 Å². The molecule has 1 aromatic heterocycles. The molecular formula is C16H25ClFN3O3S. The molecule has 1 aromatic rings. The number of hydrogen-bond acceptors (Lipinski definition) is 5. The maximum Gasteiger partial charge on any atom is 0.319 e. The molecule has 0 spiro atoms. The van der Waals surface area contributed by atoms with Crippen LogP contribution < -0.4 is 5.32 Å². The van der Waals surface area contributed by atoms with Crippen molar-refractivity contribution in [2.45, 2.75) is 52.8 Å². The standard InChI is InChI=1S/C16H25ClFN3O3S/c1-15(2,3)10(20-12-9(18)7-19-14(17)21-12)8-25(24)11(13(22)23)16(4,5)6/h7,10-11H,8H2,1-6H3,(H,22,23)(H,19,20,21)/t10-,11?,25?/m1/s1. The molecule has 0 saturated carbocycles. The number of aliphatic carboxylic acids is 1. The molecule has 142 valence electrons. The van der Waals surface area contributed by atoms with Crippen LogP contribution in [0.1, 0.15) is 41.5 Å². The SMILES string of the molecule is CC(C)(C)C(C(=O)O)S(=O)C[C@@H](Nc1nc(Cl)ncc1F)C(C)(C)C. The highest BCUT2D eigenvalue weighted by molar-refractivity contribution is 7.86. The second-order valence-electron chi connectivity index (χ2n) is 8.03. The van der Waals surface area contributed by atoms with E-state index in [0.29, 0.717) is 0 Å². The van der Waals surface area contributed by atoms with Crippen molar-refractivity contribution < 1.29 is 18.5 Å². The Kier molecular flexibility index (Phi) is 6.92. The normalized spacial score (nSPS) is 16.2. The molecule has 0 aliphatic carbocycles. The molecule has 2 unspecified atom stereocenters. The molecule has 0 aromatic carbocycles. The number of carbonyl (C=O) groups is 1. The Bertz CT molecular complexity index is 659. The Balaban J connectivity index is 3.10. The number of anilines is 1. The topological polar surface area (TPSA) is 92.2 Å². The summed E-state index contributed by atoms with van der Waals surface area (Å²) < 4.78 is 26.7. The van der Waals surface area contributed by atoms with Gasteiger partial charge in [-0.25, -0.2) is 9.37 Å². The third-order valence-electron chi connectivity index (χ3n) is 3.68. The van der Waals surface area contributed by atoms with E-state index < -0.39 is 44.7 Å². The lowest BCUT2D eigenvalue weighted by Gasteiger charge is -2.34. The summed E-state index contributed by atoms with van der Waals surface area (Å²) in [7, 11) is -1.68. The summed E-state index contributed by atoms with van der Waals surface area (Å²) in [6.45, 7) is 10.8. The molecule has 0 amide bonds. The Morgan fingerprint density at radius 2 is 1.88 bits per heavy atom. The number of rotatable bonds is 6. The van der Waals surface area contributed by atoms with Gasteiger partial charge >= 0.3 is 5.97 Å². The van der Waals surface area contributed by atoms with Gasteiger partial charge in [0.25, 0.3) is 0 Å². The van der Waals surface area contributed by atoms with E-state index in [1.54, 1.807) is 20.8 Å². The Labute approximate surface area is 155 Å². The van der Waals surface area contributed by atoms with Gasteiger partial charge in [0.2, 0.25) is 5.28 Å². The summed E-state index contributed by atoms with van der Waals surface area (Å²) in [5, 5.41) is 11.2. The van der Waals surface area contributed by atoms with Crippen molar-refractivity contribution >= 4 is 34.2 Å². The molecule has 0 saturated heterocycles. The van der Waals surface area contributed by atoms with Crippen LogP contribution in [-0.4, -0.2) is 42.3 Å². The predicted molar refractivity (Wildman–Crippen MR) is 97.8 cm³/mol. The van der Waals surface area contributed by atoms with Gasteiger partial charge in [-0.05, 0) is 22.4 Å². The highest BCUT2D eigenvalue weighted by atomic mass is 35.5. The quantitative estimate of drug-likeness (QED) is 0.720. The zero-order valence-electron chi connectivity index (χ0n) is 15.3. The molecule has 0 radical (unpaired) electrons. The highest BCUT2D eigenvalue weighted by Gasteiger charge is 2.39. The molecular weight excluding hydrogens is 369 g/mol. The highest BCUT2D eigenvalue weighted by Crippen LogP contribution is 2.29. The van der Waals surface area contributed by atoms with E-state index in [1.807, 2.05) is 20.8 Å². The molecule has 2 N–H and O–H groups in total. The first-order valence-electron chi connectivity index (χ1n) is 7.78. The first-order chi connectivity index (χ1) is 11.2. The molecule has 0 aliphatic rings. The van der Waals surface area contributed by atoms with Crippen LogP contribution in [0, 0.1) is 16.6 Å². The van der Waals surface area contributed by atoms with Gasteiger partial charge in [0.1, 0.15) is 5.25 Å². The van der Waals surface area contributed by atoms with E-state index in [9.17, 15) is 18.5 Å². The van der Waals surface area contributed by atoms with E-state index in [4.69, 9.17) is 11.6 Å². The van der Waals surface area contributed by atoms with Crippen LogP contribution in [-0.2, 0) is 15.6 Å². The monoisotopic (exact) mass is 393 g/mol. The van der Waals surface area contributed by atoms with E-state index >= 15 is 0 Å². The first-order valence-corrected chi connectivity index (χ1v) is 9.54. The minimum Gasteiger partial charge on any atom is -0.480 e. The van der Waals surface area contributed by atoms with Gasteiger partial charge < -0.3 is 10.4 Å². The van der Waals surface area contributed by atoms with E-state index in [-0.39, 0.29) is 16.9 Å². The molecule has 6 nitrogen and oxygen atoms in total. The summed E-state index contributed by atoms with van der Waals surface area (Å²) in [6.07, 6.45) is 0.948. The average Bonchev–Trinajstić information content (AvgIpc) is 2.38. The third kappa shape index (κ3) is 6.18. The summed E-state index contributed by atoms with van der Waals surface area (Å²) in [6, 6.07) is -0.488. The summed E-state index contributed by atoms with van der Waals surface area (Å²) in [5.41, 5.74) is -1.11. The third-order valence-corrected chi connectivity index (χ3v) is 5.95. The Hall–Kier alpha value is -1.28. The van der Waals surface area contributed by atoms with Crippen LogP contribution in [0.25, 0.3) is 0 Å². The van der Waals surface area contributed by atoms with E-state index in [1.165, 1.54) is 0 Å². The van der Waals surface area contributed by atoms with Crippen LogP contribution in [0.15, 0.2) is 6.20 Å². The summed E-state index contributed by atoms with van der Waals surface area (Å²) in [5.74, 6) is -1.87. The summed E-state index contributed by atoms with van der Waals surface area (Å²) >= 11 is 5.71. The summed E-state index contributed by atoms with van der Waals surface area (Å²) in [4.78, 5) is 18.9. The minimum atomic E-state index is -1.68. The van der Waals surface area contributed by atoms with Gasteiger partial charge in [0, 0.05) is 22.6 Å². The fourth-order valence-electron chi connectivity index (χ4n) is 2.26. The Morgan fingerprint density at radius 3 is 2.32 bits per heavy atom. The second kappa shape index (κ2) is 7.95. The molecule has 9 heteroatoms. The molecule has 0 bridgehead atoms. The molecule has 25 heavy (non-hydrogen) atoms. The van der Waals surface area contributed by atoms with Crippen LogP contribution in [0.5, 0.6) is 0 Å². The van der Waals surface area contributed by atoms with Gasteiger partial charge in [-0.15, -0.1) is 0 Å². The van der Waals surface area contributed by atoms with Gasteiger partial charge in [-0.3, -0.25) is 9.00 Å². The lowest BCUT2D eigenvalue weighted by Crippen LogP contribution is -2.45. The molecule has 0 aliphatic heterocycles. The number of hydrogen-bond donors (Lipinski definition) is 2. The van der Waals surface area contributed by atoms with Crippen LogP contribution in [0.3, 0.4) is 0 Å². The van der Waals surface area contributed by atoms with Crippen molar-refractivity contribution in [2.24, 2.45) is 10.8 Å². The van der Waals surface area contributed by atoms with Crippen LogP contribution in [0.4, 0.5) is 10.2 Å². The Morgan fingerprint density at radius 1 is 1.32 bits per heavy atom. The van der Waals surface area contributed by atoms with Gasteiger partial charge in [0.05, 0.1) is 6.20 Å². The number of nitrogens with zero attached hydrogens (tertiary/aromatic N) is 2. The molecule has 0 fully saturated rings. The number of aromatic nitrogens is 2. The second-order valence-corrected chi connectivity index (χ2v) is 9.93. The zero-order valence-corrected chi connectivity index (χ0v) is 16.8. The minimum absolute atomic E-state index is 0.0266. The van der Waals surface area contributed by atoms with E-state index in [0.717, 1.165) is 6.20 Å². The molecule has 3 atom stereocenters. The predicted octanol–water partition coefficient (Wildman–Crippen LogP) is 3.34. The van der Waals surface area contributed by atoms with Gasteiger partial charge in [-0.1, -0.05) is 41.5 Å². The lowest BCUT2D eigenvalue weighted by molar-refractivity contribution is -0.138. The number of nitrogens with one attached hydrogen (secondary N) is 1. The van der Waals surface area contributed by atoms with Crippen molar-refractivity contribution in [3.05, 3.63) is 17.3 Å². The van der Waals surface area contributed by atoms with Crippen molar-refractivity contribution in [2.75, 3.05) is 11.1 Å². The zero-order chi connectivity index (χ0) is 19.6. The maximum atomic E-state index is 13.9. The van der Waals surface area contributed by atoms with Crippen molar-refractivity contribution in [3.8, 4) is 0 Å². The van der Waals surface area contributed by atoms with Crippen molar-refractivity contribution in [1.29, 1.82) is 0 Å². The number of halogens is 2. The number of carboxylic acid groups (broad SMARTS) is 1. The van der Waals surface area contributed by atoms with Crippen LogP contribution in [0.2, 0.25) is 5.28 Å². The van der Waals surface area contributed by atoms with Crippen molar-refractivity contribution in [1.82, 2.24) is 9.97 Å². The van der Waals surface area contributed by atoms with Gasteiger partial charge in [-0.2, -0.15) is 4.98 Å². The first kappa shape index (κ1) is 21.8. The van der Waals surface area contributed by atoms with Crippen molar-refractivity contribution in [3.63, 3.8) is 0 Å². The fourth-order valence-corrected chi connectivity index (χ4v) is 4.51. The average molecular weight is 394 g/mol. The molecule has 1 rings (SSSR count). The fraction of sp³-hybridized carbons (Fsp3) is 0.688. The smallest absolute Gasteiger partial charge is 0.319 e. The van der Waals surface area contributed by atoms with E-state index in [2.05, 4.69) is 15.3 Å². The maximum absolute atomic E-state index is 13.9. The van der Waals surface area contributed by atoms with Gasteiger partial charge in [0.15, 0.2) is 11.6 Å². The molecule has 1 heterocycles. The largest absolute Gasteiger partial charge is 0.480 e. The number of carboxylic acids is 1.